The van der Waals surface area contributed by atoms with Crippen molar-refractivity contribution in [1.82, 2.24) is 9.62 Å². The summed E-state index contributed by atoms with van der Waals surface area (Å²) in [4.78, 5) is 12.0. The van der Waals surface area contributed by atoms with Crippen molar-refractivity contribution in [1.29, 1.82) is 0 Å². The van der Waals surface area contributed by atoms with Crippen LogP contribution in [0.1, 0.15) is 12.8 Å². The Bertz CT molecular complexity index is 662. The number of benzene rings is 1. The fraction of sp³-hybridized carbons (Fsp3) is 0.500. The van der Waals surface area contributed by atoms with E-state index in [1.54, 1.807) is 6.07 Å². The Labute approximate surface area is 146 Å². The van der Waals surface area contributed by atoms with Crippen LogP contribution in [0.3, 0.4) is 0 Å². The molecule has 0 saturated carbocycles. The van der Waals surface area contributed by atoms with Gasteiger partial charge in [0.15, 0.2) is 0 Å². The third-order valence-electron chi connectivity index (χ3n) is 3.72. The molecule has 0 bridgehead atoms. The quantitative estimate of drug-likeness (QED) is 0.809. The number of nitrogens with zero attached hydrogens (tertiary/aromatic N) is 1. The summed E-state index contributed by atoms with van der Waals surface area (Å²) in [5, 5.41) is 2.85. The predicted molar refractivity (Wildman–Crippen MR) is 90.0 cm³/mol. The summed E-state index contributed by atoms with van der Waals surface area (Å²) in [7, 11) is -3.85. The highest BCUT2D eigenvalue weighted by Crippen LogP contribution is 2.33. The first-order valence-electron chi connectivity index (χ1n) is 7.30. The minimum atomic E-state index is -3.85. The number of hydrogen-bond acceptors (Lipinski definition) is 4. The Morgan fingerprint density at radius 2 is 2.00 bits per heavy atom. The third-order valence-corrected chi connectivity index (χ3v) is 6.54. The minimum Gasteiger partial charge on any atom is -0.355 e. The van der Waals surface area contributed by atoms with Crippen LogP contribution in [0.2, 0.25) is 10.0 Å². The lowest BCUT2D eigenvalue weighted by Gasteiger charge is -2.31. The van der Waals surface area contributed by atoms with Crippen LogP contribution in [-0.2, 0) is 14.8 Å². The zero-order valence-electron chi connectivity index (χ0n) is 12.5. The molecule has 1 aliphatic heterocycles. The molecule has 1 aromatic rings. The average Bonchev–Trinajstić information content (AvgIpc) is 2.52. The van der Waals surface area contributed by atoms with E-state index in [-0.39, 0.29) is 27.4 Å². The van der Waals surface area contributed by atoms with Gasteiger partial charge in [0.1, 0.15) is 4.90 Å². The zero-order valence-corrected chi connectivity index (χ0v) is 14.8. The average molecular weight is 380 g/mol. The van der Waals surface area contributed by atoms with Gasteiger partial charge < -0.3 is 11.1 Å². The lowest BCUT2D eigenvalue weighted by Crippen LogP contribution is -2.46. The van der Waals surface area contributed by atoms with Crippen molar-refractivity contribution < 1.29 is 13.2 Å². The van der Waals surface area contributed by atoms with E-state index in [0.717, 1.165) is 0 Å². The van der Waals surface area contributed by atoms with E-state index in [4.69, 9.17) is 28.9 Å². The van der Waals surface area contributed by atoms with E-state index in [0.29, 0.717) is 32.5 Å². The van der Waals surface area contributed by atoms with E-state index in [1.807, 2.05) is 0 Å². The highest BCUT2D eigenvalue weighted by Gasteiger charge is 2.35. The van der Waals surface area contributed by atoms with Gasteiger partial charge in [-0.3, -0.25) is 4.79 Å². The van der Waals surface area contributed by atoms with E-state index in [1.165, 1.54) is 16.4 Å². The number of amides is 1. The molecule has 1 saturated heterocycles. The number of nitrogens with two attached hydrogens (primary N) is 1. The summed E-state index contributed by atoms with van der Waals surface area (Å²) >= 11 is 12.0. The highest BCUT2D eigenvalue weighted by atomic mass is 35.5. The fourth-order valence-electron chi connectivity index (χ4n) is 2.57. The number of carbonyl (C=O) groups is 1. The second-order valence-corrected chi connectivity index (χ2v) is 8.02. The lowest BCUT2D eigenvalue weighted by molar-refractivity contribution is -0.126. The van der Waals surface area contributed by atoms with Crippen LogP contribution in [0.5, 0.6) is 0 Å². The SMILES string of the molecule is NCCNC(=O)C1CCCN(S(=O)(=O)c2c(Cl)cccc2Cl)C1. The topological polar surface area (TPSA) is 92.5 Å². The molecule has 6 nitrogen and oxygen atoms in total. The van der Waals surface area contributed by atoms with Crippen LogP contribution < -0.4 is 11.1 Å². The van der Waals surface area contributed by atoms with Gasteiger partial charge in [-0.05, 0) is 25.0 Å². The molecule has 1 heterocycles. The van der Waals surface area contributed by atoms with Crippen molar-refractivity contribution in [3.8, 4) is 0 Å². The Balaban J connectivity index is 2.22. The van der Waals surface area contributed by atoms with E-state index in [9.17, 15) is 13.2 Å². The maximum atomic E-state index is 12.8. The Morgan fingerprint density at radius 1 is 1.35 bits per heavy atom. The number of piperidine rings is 1. The molecule has 0 aromatic heterocycles. The van der Waals surface area contributed by atoms with Crippen molar-refractivity contribution in [3.63, 3.8) is 0 Å². The Hall–Kier alpha value is -0.860. The zero-order chi connectivity index (χ0) is 17.0. The number of rotatable bonds is 5. The van der Waals surface area contributed by atoms with Gasteiger partial charge in [0.2, 0.25) is 15.9 Å². The van der Waals surface area contributed by atoms with E-state index >= 15 is 0 Å². The maximum absolute atomic E-state index is 12.8. The number of carbonyl (C=O) groups excluding carboxylic acids is 1. The number of halogens is 2. The van der Waals surface area contributed by atoms with Gasteiger partial charge in [0.05, 0.1) is 16.0 Å². The molecule has 1 amide bonds. The summed E-state index contributed by atoms with van der Waals surface area (Å²) in [6.07, 6.45) is 1.24. The van der Waals surface area contributed by atoms with Crippen molar-refractivity contribution in [3.05, 3.63) is 28.2 Å². The molecule has 3 N–H and O–H groups in total. The van der Waals surface area contributed by atoms with Crippen molar-refractivity contribution >= 4 is 39.1 Å². The third kappa shape index (κ3) is 4.16. The standard InChI is InChI=1S/C14H19Cl2N3O3S/c15-11-4-1-5-12(16)13(11)23(21,22)19-8-2-3-10(9-19)14(20)18-7-6-17/h1,4-5,10H,2-3,6-9,17H2,(H,18,20). The molecule has 1 unspecified atom stereocenters. The summed E-state index contributed by atoms with van der Waals surface area (Å²) in [6.45, 7) is 1.17. The summed E-state index contributed by atoms with van der Waals surface area (Å²) < 4.78 is 26.9. The molecule has 23 heavy (non-hydrogen) atoms. The normalized spacial score (nSPS) is 19.5. The fourth-order valence-corrected chi connectivity index (χ4v) is 5.19. The molecular formula is C14H19Cl2N3O3S. The van der Waals surface area contributed by atoms with Gasteiger partial charge in [-0.25, -0.2) is 8.42 Å². The van der Waals surface area contributed by atoms with Gasteiger partial charge in [0.25, 0.3) is 0 Å². The van der Waals surface area contributed by atoms with Crippen LogP contribution in [0.25, 0.3) is 0 Å². The van der Waals surface area contributed by atoms with Crippen molar-refractivity contribution in [2.75, 3.05) is 26.2 Å². The summed E-state index contributed by atoms with van der Waals surface area (Å²) in [6, 6.07) is 4.55. The van der Waals surface area contributed by atoms with Crippen LogP contribution >= 0.6 is 23.2 Å². The van der Waals surface area contributed by atoms with E-state index < -0.39 is 15.9 Å². The Kier molecular flexibility index (Phi) is 6.27. The van der Waals surface area contributed by atoms with Gasteiger partial charge in [-0.15, -0.1) is 0 Å². The van der Waals surface area contributed by atoms with E-state index in [2.05, 4.69) is 5.32 Å². The minimum absolute atomic E-state index is 0.0761. The van der Waals surface area contributed by atoms with Crippen LogP contribution in [0.15, 0.2) is 23.1 Å². The van der Waals surface area contributed by atoms with Gasteiger partial charge in [-0.1, -0.05) is 29.3 Å². The molecule has 128 valence electrons. The molecular weight excluding hydrogens is 361 g/mol. The maximum Gasteiger partial charge on any atom is 0.246 e. The molecule has 1 aromatic carbocycles. The molecule has 0 spiro atoms. The molecule has 2 rings (SSSR count). The van der Waals surface area contributed by atoms with Crippen LogP contribution in [0.4, 0.5) is 0 Å². The van der Waals surface area contributed by atoms with Crippen LogP contribution in [0, 0.1) is 5.92 Å². The van der Waals surface area contributed by atoms with Gasteiger partial charge in [0, 0.05) is 26.2 Å². The smallest absolute Gasteiger partial charge is 0.246 e. The molecule has 0 radical (unpaired) electrons. The Morgan fingerprint density at radius 3 is 2.61 bits per heavy atom. The lowest BCUT2D eigenvalue weighted by atomic mass is 9.99. The molecule has 1 atom stereocenters. The molecule has 9 heteroatoms. The first kappa shape index (κ1) is 18.5. The van der Waals surface area contributed by atoms with Gasteiger partial charge in [-0.2, -0.15) is 4.31 Å². The second kappa shape index (κ2) is 7.81. The largest absolute Gasteiger partial charge is 0.355 e. The molecule has 1 aliphatic rings. The first-order chi connectivity index (χ1) is 10.9. The summed E-state index contributed by atoms with van der Waals surface area (Å²) in [5.41, 5.74) is 5.36. The number of nitrogens with one attached hydrogen (secondary N) is 1. The monoisotopic (exact) mass is 379 g/mol. The molecule has 1 fully saturated rings. The molecule has 0 aliphatic carbocycles. The van der Waals surface area contributed by atoms with Crippen molar-refractivity contribution in [2.24, 2.45) is 11.7 Å². The second-order valence-electron chi connectivity index (χ2n) is 5.33. The van der Waals surface area contributed by atoms with Crippen LogP contribution in [-0.4, -0.2) is 44.8 Å². The van der Waals surface area contributed by atoms with Gasteiger partial charge >= 0.3 is 0 Å². The number of sulfonamides is 1. The highest BCUT2D eigenvalue weighted by molar-refractivity contribution is 7.89. The predicted octanol–water partition coefficient (Wildman–Crippen LogP) is 1.47. The number of hydrogen-bond donors (Lipinski definition) is 2. The van der Waals surface area contributed by atoms with Crippen molar-refractivity contribution in [2.45, 2.75) is 17.7 Å². The summed E-state index contributed by atoms with van der Waals surface area (Å²) in [5.74, 6) is -0.577. The first-order valence-corrected chi connectivity index (χ1v) is 9.49.